The van der Waals surface area contributed by atoms with E-state index in [1.807, 2.05) is 0 Å². The van der Waals surface area contributed by atoms with Crippen LogP contribution in [-0.2, 0) is 4.79 Å². The SMILES string of the molecule is O=C(Nc1cc(Br)cnc1Cl)[C@H]1CCCNC1. The van der Waals surface area contributed by atoms with Crippen LogP contribution >= 0.6 is 27.5 Å². The molecule has 1 saturated heterocycles. The summed E-state index contributed by atoms with van der Waals surface area (Å²) in [6.07, 6.45) is 3.54. The van der Waals surface area contributed by atoms with Crippen LogP contribution < -0.4 is 10.6 Å². The molecular formula is C11H13BrClN3O. The van der Waals surface area contributed by atoms with E-state index in [1.54, 1.807) is 12.3 Å². The molecule has 1 fully saturated rings. The standard InChI is InChI=1S/C11H13BrClN3O/c12-8-4-9(10(13)15-6-8)16-11(17)7-2-1-3-14-5-7/h4,6-7,14H,1-3,5H2,(H,16,17)/t7-/m0/s1. The fourth-order valence-electron chi connectivity index (χ4n) is 1.82. The van der Waals surface area contributed by atoms with Gasteiger partial charge < -0.3 is 10.6 Å². The van der Waals surface area contributed by atoms with Crippen molar-refractivity contribution in [3.8, 4) is 0 Å². The molecule has 2 N–H and O–H groups in total. The number of nitrogens with zero attached hydrogens (tertiary/aromatic N) is 1. The molecule has 0 radical (unpaired) electrons. The summed E-state index contributed by atoms with van der Waals surface area (Å²) in [6.45, 7) is 1.72. The summed E-state index contributed by atoms with van der Waals surface area (Å²) < 4.78 is 0.791. The zero-order valence-electron chi connectivity index (χ0n) is 9.17. The number of hydrogen-bond donors (Lipinski definition) is 2. The first-order valence-corrected chi connectivity index (χ1v) is 6.66. The van der Waals surface area contributed by atoms with Gasteiger partial charge in [0.15, 0.2) is 5.15 Å². The Labute approximate surface area is 113 Å². The van der Waals surface area contributed by atoms with Crippen LogP contribution in [0.25, 0.3) is 0 Å². The number of aromatic nitrogens is 1. The Bertz CT molecular complexity index is 421. The van der Waals surface area contributed by atoms with Crippen LogP contribution in [0.15, 0.2) is 16.7 Å². The zero-order chi connectivity index (χ0) is 12.3. The quantitative estimate of drug-likeness (QED) is 0.824. The number of anilines is 1. The van der Waals surface area contributed by atoms with Crippen molar-refractivity contribution in [2.75, 3.05) is 18.4 Å². The Morgan fingerprint density at radius 1 is 1.65 bits per heavy atom. The lowest BCUT2D eigenvalue weighted by Gasteiger charge is -2.22. The predicted molar refractivity (Wildman–Crippen MR) is 71.2 cm³/mol. The van der Waals surface area contributed by atoms with Crippen molar-refractivity contribution in [2.24, 2.45) is 5.92 Å². The fraction of sp³-hybridized carbons (Fsp3) is 0.455. The number of rotatable bonds is 2. The van der Waals surface area contributed by atoms with Crippen LogP contribution in [0.5, 0.6) is 0 Å². The maximum atomic E-state index is 12.0. The normalized spacial score (nSPS) is 20.0. The minimum atomic E-state index is -0.000926. The molecule has 1 aliphatic rings. The lowest BCUT2D eigenvalue weighted by molar-refractivity contribution is -0.120. The minimum absolute atomic E-state index is 0.000926. The lowest BCUT2D eigenvalue weighted by atomic mass is 9.99. The van der Waals surface area contributed by atoms with Crippen LogP contribution in [0.1, 0.15) is 12.8 Å². The number of halogens is 2. The monoisotopic (exact) mass is 317 g/mol. The van der Waals surface area contributed by atoms with Gasteiger partial charge in [-0.2, -0.15) is 0 Å². The van der Waals surface area contributed by atoms with Crippen LogP contribution in [-0.4, -0.2) is 24.0 Å². The summed E-state index contributed by atoms with van der Waals surface area (Å²) in [6, 6.07) is 1.75. The number of hydrogen-bond acceptors (Lipinski definition) is 3. The first-order chi connectivity index (χ1) is 8.16. The Hall–Kier alpha value is -0.650. The molecule has 1 aliphatic heterocycles. The summed E-state index contributed by atoms with van der Waals surface area (Å²) in [7, 11) is 0. The van der Waals surface area contributed by atoms with Crippen molar-refractivity contribution in [3.63, 3.8) is 0 Å². The average molecular weight is 319 g/mol. The van der Waals surface area contributed by atoms with Gasteiger partial charge in [-0.15, -0.1) is 0 Å². The highest BCUT2D eigenvalue weighted by molar-refractivity contribution is 9.10. The highest BCUT2D eigenvalue weighted by Crippen LogP contribution is 2.24. The maximum Gasteiger partial charge on any atom is 0.228 e. The molecule has 0 unspecified atom stereocenters. The molecule has 17 heavy (non-hydrogen) atoms. The molecule has 0 bridgehead atoms. The summed E-state index contributed by atoms with van der Waals surface area (Å²) in [5.74, 6) is 0.0119. The molecule has 92 valence electrons. The lowest BCUT2D eigenvalue weighted by Crippen LogP contribution is -2.37. The van der Waals surface area contributed by atoms with E-state index < -0.39 is 0 Å². The largest absolute Gasteiger partial charge is 0.323 e. The van der Waals surface area contributed by atoms with Gasteiger partial charge in [-0.05, 0) is 41.4 Å². The van der Waals surface area contributed by atoms with Crippen molar-refractivity contribution in [1.29, 1.82) is 0 Å². The van der Waals surface area contributed by atoms with Crippen molar-refractivity contribution in [1.82, 2.24) is 10.3 Å². The molecule has 4 nitrogen and oxygen atoms in total. The maximum absolute atomic E-state index is 12.0. The topological polar surface area (TPSA) is 54.0 Å². The van der Waals surface area contributed by atoms with E-state index in [4.69, 9.17) is 11.6 Å². The molecule has 0 aliphatic carbocycles. The molecule has 1 aromatic heterocycles. The molecule has 2 rings (SSSR count). The average Bonchev–Trinajstić information content (AvgIpc) is 2.35. The van der Waals surface area contributed by atoms with Gasteiger partial charge in [0.25, 0.3) is 0 Å². The molecule has 1 amide bonds. The Kier molecular flexibility index (Phi) is 4.36. The number of carbonyl (C=O) groups excluding carboxylic acids is 1. The molecule has 2 heterocycles. The van der Waals surface area contributed by atoms with Gasteiger partial charge >= 0.3 is 0 Å². The summed E-state index contributed by atoms with van der Waals surface area (Å²) in [5.41, 5.74) is 0.552. The Morgan fingerprint density at radius 2 is 2.47 bits per heavy atom. The highest BCUT2D eigenvalue weighted by Gasteiger charge is 2.21. The van der Waals surface area contributed by atoms with Crippen LogP contribution in [0.4, 0.5) is 5.69 Å². The first-order valence-electron chi connectivity index (χ1n) is 5.49. The molecule has 0 saturated carbocycles. The van der Waals surface area contributed by atoms with E-state index in [1.165, 1.54) is 0 Å². The second-order valence-electron chi connectivity index (χ2n) is 4.02. The van der Waals surface area contributed by atoms with E-state index in [0.29, 0.717) is 10.8 Å². The summed E-state index contributed by atoms with van der Waals surface area (Å²) >= 11 is 9.21. The molecule has 1 aromatic rings. The molecule has 6 heteroatoms. The van der Waals surface area contributed by atoms with E-state index >= 15 is 0 Å². The van der Waals surface area contributed by atoms with E-state index in [-0.39, 0.29) is 11.8 Å². The van der Waals surface area contributed by atoms with Gasteiger partial charge in [-0.25, -0.2) is 4.98 Å². The molecule has 1 atom stereocenters. The van der Waals surface area contributed by atoms with Crippen molar-refractivity contribution in [3.05, 3.63) is 21.9 Å². The number of pyridine rings is 1. The van der Waals surface area contributed by atoms with Crippen LogP contribution in [0.3, 0.4) is 0 Å². The fourth-order valence-corrected chi connectivity index (χ4v) is 2.30. The van der Waals surface area contributed by atoms with Gasteiger partial charge in [0.1, 0.15) is 0 Å². The Balaban J connectivity index is 2.04. The number of carbonyl (C=O) groups is 1. The van der Waals surface area contributed by atoms with Crippen LogP contribution in [0, 0.1) is 5.92 Å². The van der Waals surface area contributed by atoms with E-state index in [9.17, 15) is 4.79 Å². The highest BCUT2D eigenvalue weighted by atomic mass is 79.9. The van der Waals surface area contributed by atoms with E-state index in [0.717, 1.165) is 30.4 Å². The number of nitrogens with one attached hydrogen (secondary N) is 2. The van der Waals surface area contributed by atoms with Gasteiger partial charge in [0.2, 0.25) is 5.91 Å². The zero-order valence-corrected chi connectivity index (χ0v) is 11.5. The smallest absolute Gasteiger partial charge is 0.228 e. The summed E-state index contributed by atoms with van der Waals surface area (Å²) in [5, 5.41) is 6.34. The van der Waals surface area contributed by atoms with Crippen molar-refractivity contribution >= 4 is 39.1 Å². The van der Waals surface area contributed by atoms with Crippen LogP contribution in [0.2, 0.25) is 5.15 Å². The third kappa shape index (κ3) is 3.40. The molecule has 0 spiro atoms. The molecular weight excluding hydrogens is 305 g/mol. The Morgan fingerprint density at radius 3 is 3.18 bits per heavy atom. The number of piperidine rings is 1. The van der Waals surface area contributed by atoms with Gasteiger partial charge in [-0.1, -0.05) is 11.6 Å². The first kappa shape index (κ1) is 12.8. The third-order valence-electron chi connectivity index (χ3n) is 2.73. The van der Waals surface area contributed by atoms with E-state index in [2.05, 4.69) is 31.5 Å². The van der Waals surface area contributed by atoms with Crippen molar-refractivity contribution in [2.45, 2.75) is 12.8 Å². The second kappa shape index (κ2) is 5.80. The van der Waals surface area contributed by atoms with Gasteiger partial charge in [0, 0.05) is 17.2 Å². The summed E-state index contributed by atoms with van der Waals surface area (Å²) in [4.78, 5) is 15.9. The number of amides is 1. The van der Waals surface area contributed by atoms with Gasteiger partial charge in [-0.3, -0.25) is 4.79 Å². The predicted octanol–water partition coefficient (Wildman–Crippen LogP) is 2.44. The van der Waals surface area contributed by atoms with Gasteiger partial charge in [0.05, 0.1) is 11.6 Å². The minimum Gasteiger partial charge on any atom is -0.323 e. The second-order valence-corrected chi connectivity index (χ2v) is 5.30. The third-order valence-corrected chi connectivity index (χ3v) is 3.47. The van der Waals surface area contributed by atoms with Crippen molar-refractivity contribution < 1.29 is 4.79 Å². The molecule has 0 aromatic carbocycles.